The topological polar surface area (TPSA) is 3.24 Å². The molecule has 0 aromatic heterocycles. The van der Waals surface area contributed by atoms with Crippen LogP contribution < -0.4 is 4.90 Å². The molecule has 0 radical (unpaired) electrons. The van der Waals surface area contributed by atoms with Gasteiger partial charge in [-0.25, -0.2) is 0 Å². The SMILES string of the molecule is c1ccc(-c2ccccc2-c2cccc(N(c3cccc(-c4ccc(-c5ccc6ccccc6c5)cc4)c3)c3cccc4c3-c3ccccc3C4(c3ccccc3)c3ccccc3)c2)cc1. The van der Waals surface area contributed by atoms with Crippen LogP contribution in [0.1, 0.15) is 22.3 Å². The monoisotopic (exact) mass is 839 g/mol. The Morgan fingerprint density at radius 3 is 1.38 bits per heavy atom. The van der Waals surface area contributed by atoms with Crippen molar-refractivity contribution in [1.29, 1.82) is 0 Å². The van der Waals surface area contributed by atoms with Gasteiger partial charge in [0.15, 0.2) is 0 Å². The van der Waals surface area contributed by atoms with Gasteiger partial charge in [-0.2, -0.15) is 0 Å². The third-order valence-electron chi connectivity index (χ3n) is 13.5. The Kier molecular flexibility index (Phi) is 9.81. The van der Waals surface area contributed by atoms with Gasteiger partial charge in [0.05, 0.1) is 11.1 Å². The van der Waals surface area contributed by atoms with Crippen LogP contribution in [0.15, 0.2) is 273 Å². The summed E-state index contributed by atoms with van der Waals surface area (Å²) in [6.07, 6.45) is 0. The number of rotatable bonds is 9. The van der Waals surface area contributed by atoms with E-state index in [1.54, 1.807) is 0 Å². The first-order valence-electron chi connectivity index (χ1n) is 22.8. The van der Waals surface area contributed by atoms with Gasteiger partial charge in [0.2, 0.25) is 0 Å². The minimum Gasteiger partial charge on any atom is -0.310 e. The molecule has 0 bridgehead atoms. The van der Waals surface area contributed by atoms with E-state index in [-0.39, 0.29) is 0 Å². The van der Waals surface area contributed by atoms with Crippen LogP contribution in [-0.2, 0) is 5.41 Å². The quantitative estimate of drug-likeness (QED) is 0.140. The van der Waals surface area contributed by atoms with Crippen LogP contribution in [0, 0.1) is 0 Å². The fourth-order valence-electron chi connectivity index (χ4n) is 10.6. The fourth-order valence-corrected chi connectivity index (χ4v) is 10.6. The molecule has 0 saturated carbocycles. The second-order valence-electron chi connectivity index (χ2n) is 17.2. The molecule has 0 amide bonds. The van der Waals surface area contributed by atoms with Crippen LogP contribution in [0.4, 0.5) is 17.1 Å². The summed E-state index contributed by atoms with van der Waals surface area (Å²) in [6.45, 7) is 0. The average molecular weight is 840 g/mol. The molecule has 1 aliphatic rings. The third kappa shape index (κ3) is 6.64. The largest absolute Gasteiger partial charge is 0.310 e. The lowest BCUT2D eigenvalue weighted by Gasteiger charge is -2.34. The Labute approximate surface area is 387 Å². The van der Waals surface area contributed by atoms with Crippen molar-refractivity contribution in [1.82, 2.24) is 0 Å². The van der Waals surface area contributed by atoms with E-state index in [1.807, 2.05) is 0 Å². The number of benzene rings is 11. The minimum atomic E-state index is -0.527. The van der Waals surface area contributed by atoms with Gasteiger partial charge in [0.25, 0.3) is 0 Å². The number of hydrogen-bond donors (Lipinski definition) is 0. The maximum atomic E-state index is 2.49. The van der Waals surface area contributed by atoms with E-state index in [1.165, 1.54) is 77.5 Å². The van der Waals surface area contributed by atoms with Crippen LogP contribution in [-0.4, -0.2) is 0 Å². The van der Waals surface area contributed by atoms with Crippen molar-refractivity contribution in [2.45, 2.75) is 5.41 Å². The lowest BCUT2D eigenvalue weighted by molar-refractivity contribution is 0.768. The molecule has 11 aromatic rings. The first-order chi connectivity index (χ1) is 32.7. The molecule has 1 heteroatoms. The van der Waals surface area contributed by atoms with Gasteiger partial charge in [-0.1, -0.05) is 237 Å². The number of nitrogens with zero attached hydrogens (tertiary/aromatic N) is 1. The van der Waals surface area contributed by atoms with E-state index in [0.29, 0.717) is 0 Å². The molecule has 0 unspecified atom stereocenters. The molecule has 0 heterocycles. The lowest BCUT2D eigenvalue weighted by atomic mass is 9.68. The molecule has 0 N–H and O–H groups in total. The number of anilines is 3. The Morgan fingerprint density at radius 1 is 0.258 bits per heavy atom. The number of hydrogen-bond acceptors (Lipinski definition) is 1. The molecule has 1 nitrogen and oxygen atoms in total. The molecular weight excluding hydrogens is 795 g/mol. The summed E-state index contributed by atoms with van der Waals surface area (Å²) in [6, 6.07) is 100. The predicted molar refractivity (Wildman–Crippen MR) is 278 cm³/mol. The van der Waals surface area contributed by atoms with Crippen molar-refractivity contribution in [2.75, 3.05) is 4.90 Å². The Balaban J connectivity index is 1.06. The second kappa shape index (κ2) is 16.6. The summed E-state index contributed by atoms with van der Waals surface area (Å²) < 4.78 is 0. The maximum absolute atomic E-state index is 2.49. The van der Waals surface area contributed by atoms with Crippen molar-refractivity contribution in [3.8, 4) is 55.6 Å². The first-order valence-corrected chi connectivity index (χ1v) is 22.8. The standard InChI is InChI=1S/C65H45N/c1-4-20-49(21-5-1)58-31-12-13-32-59(58)53-24-17-30-57(45-53)66(56-29-16-23-51(44-56)47-37-39-48(40-38-47)52-42-41-46-19-10-11-22-50(46)43-52)63-36-18-35-62-64(63)60-33-14-15-34-61(60)65(62,54-25-6-2-7-26-54)55-27-8-3-9-28-55/h1-45H. The normalized spacial score (nSPS) is 12.4. The summed E-state index contributed by atoms with van der Waals surface area (Å²) in [4.78, 5) is 2.49. The summed E-state index contributed by atoms with van der Waals surface area (Å²) >= 11 is 0. The predicted octanol–water partition coefficient (Wildman–Crippen LogP) is 17.3. The molecular formula is C65H45N. The smallest absolute Gasteiger partial charge is 0.0714 e. The highest BCUT2D eigenvalue weighted by atomic mass is 15.1. The van der Waals surface area contributed by atoms with Gasteiger partial charge in [-0.3, -0.25) is 0 Å². The summed E-state index contributed by atoms with van der Waals surface area (Å²) in [7, 11) is 0. The van der Waals surface area contributed by atoms with Crippen LogP contribution in [0.25, 0.3) is 66.4 Å². The number of fused-ring (bicyclic) bond motifs is 4. The molecule has 0 fully saturated rings. The van der Waals surface area contributed by atoms with E-state index in [0.717, 1.165) is 28.2 Å². The third-order valence-corrected chi connectivity index (χ3v) is 13.5. The molecule has 12 rings (SSSR count). The van der Waals surface area contributed by atoms with E-state index in [4.69, 9.17) is 0 Å². The van der Waals surface area contributed by atoms with Crippen molar-refractivity contribution in [3.63, 3.8) is 0 Å². The second-order valence-corrected chi connectivity index (χ2v) is 17.2. The highest BCUT2D eigenvalue weighted by Crippen LogP contribution is 2.59. The van der Waals surface area contributed by atoms with Crippen molar-refractivity contribution in [3.05, 3.63) is 295 Å². The van der Waals surface area contributed by atoms with E-state index in [2.05, 4.69) is 278 Å². The molecule has 0 atom stereocenters. The van der Waals surface area contributed by atoms with Gasteiger partial charge >= 0.3 is 0 Å². The van der Waals surface area contributed by atoms with Crippen LogP contribution in [0.3, 0.4) is 0 Å². The fraction of sp³-hybridized carbons (Fsp3) is 0.0154. The lowest BCUT2D eigenvalue weighted by Crippen LogP contribution is -2.28. The molecule has 0 spiro atoms. The van der Waals surface area contributed by atoms with Crippen LogP contribution >= 0.6 is 0 Å². The zero-order chi connectivity index (χ0) is 43.9. The van der Waals surface area contributed by atoms with E-state index >= 15 is 0 Å². The van der Waals surface area contributed by atoms with Gasteiger partial charge in [0.1, 0.15) is 0 Å². The van der Waals surface area contributed by atoms with E-state index < -0.39 is 5.41 Å². The van der Waals surface area contributed by atoms with Crippen molar-refractivity contribution >= 4 is 27.8 Å². The van der Waals surface area contributed by atoms with Crippen molar-refractivity contribution in [2.24, 2.45) is 0 Å². The van der Waals surface area contributed by atoms with Gasteiger partial charge in [-0.05, 0) is 119 Å². The van der Waals surface area contributed by atoms with E-state index in [9.17, 15) is 0 Å². The molecule has 11 aromatic carbocycles. The Morgan fingerprint density at radius 2 is 0.712 bits per heavy atom. The molecule has 66 heavy (non-hydrogen) atoms. The molecule has 1 aliphatic carbocycles. The first kappa shape index (κ1) is 39.1. The van der Waals surface area contributed by atoms with Gasteiger partial charge < -0.3 is 4.90 Å². The van der Waals surface area contributed by atoms with Gasteiger partial charge in [-0.15, -0.1) is 0 Å². The summed E-state index contributed by atoms with van der Waals surface area (Å²) in [5.41, 5.74) is 19.8. The minimum absolute atomic E-state index is 0.527. The zero-order valence-electron chi connectivity index (χ0n) is 36.4. The molecule has 0 saturated heterocycles. The Hall–Kier alpha value is -8.52. The van der Waals surface area contributed by atoms with Gasteiger partial charge in [0, 0.05) is 16.9 Å². The highest BCUT2D eigenvalue weighted by Gasteiger charge is 2.47. The Bertz CT molecular complexity index is 3480. The average Bonchev–Trinajstić information content (AvgIpc) is 3.71. The highest BCUT2D eigenvalue weighted by molar-refractivity contribution is 5.98. The summed E-state index contributed by atoms with van der Waals surface area (Å²) in [5.74, 6) is 0. The van der Waals surface area contributed by atoms with Crippen LogP contribution in [0.2, 0.25) is 0 Å². The zero-order valence-corrected chi connectivity index (χ0v) is 36.4. The molecule has 0 aliphatic heterocycles. The maximum Gasteiger partial charge on any atom is 0.0714 e. The summed E-state index contributed by atoms with van der Waals surface area (Å²) in [5, 5.41) is 2.50. The molecule has 310 valence electrons. The van der Waals surface area contributed by atoms with Crippen LogP contribution in [0.5, 0.6) is 0 Å². The van der Waals surface area contributed by atoms with Crippen molar-refractivity contribution < 1.29 is 0 Å².